The second-order valence-electron chi connectivity index (χ2n) is 7.89. The first-order valence-corrected chi connectivity index (χ1v) is 12.8. The standard InChI is InChI=1S/C23H22N4O2S3/c1-15-13-20(32-25-15)23(29)9-11-27(12-10-23)22(28)16-5-7-17(8-6-16)26-31-19-4-2-3-18-21(19)24-14-30-18/h2-8,13-14,26,29H,9-12H2,1H3. The van der Waals surface area contributed by atoms with Crippen molar-refractivity contribution in [2.45, 2.75) is 30.3 Å². The first-order chi connectivity index (χ1) is 15.5. The second-order valence-corrected chi connectivity index (χ2v) is 10.4. The molecule has 9 heteroatoms. The van der Waals surface area contributed by atoms with Crippen molar-refractivity contribution >= 4 is 56.6 Å². The highest BCUT2D eigenvalue weighted by Gasteiger charge is 2.37. The number of aryl methyl sites for hydroxylation is 1. The van der Waals surface area contributed by atoms with Crippen LogP contribution in [0.5, 0.6) is 0 Å². The molecule has 1 amide bonds. The number of amides is 1. The summed E-state index contributed by atoms with van der Waals surface area (Å²) >= 11 is 4.50. The third-order valence-corrected chi connectivity index (χ3v) is 8.45. The Kier molecular flexibility index (Phi) is 5.90. The van der Waals surface area contributed by atoms with E-state index < -0.39 is 5.60 Å². The van der Waals surface area contributed by atoms with Crippen LogP contribution in [0.2, 0.25) is 0 Å². The number of aromatic nitrogens is 2. The SMILES string of the molecule is Cc1cc(C2(O)CCN(C(=O)c3ccc(NSc4cccc5scnc45)cc3)CC2)sn1. The lowest BCUT2D eigenvalue weighted by Gasteiger charge is -2.37. The number of likely N-dealkylation sites (tertiary alicyclic amines) is 1. The number of hydrogen-bond donors (Lipinski definition) is 2. The van der Waals surface area contributed by atoms with Gasteiger partial charge in [-0.3, -0.25) is 4.79 Å². The Balaban J connectivity index is 1.20. The lowest BCUT2D eigenvalue weighted by Crippen LogP contribution is -2.44. The van der Waals surface area contributed by atoms with Crippen molar-refractivity contribution in [2.24, 2.45) is 0 Å². The summed E-state index contributed by atoms with van der Waals surface area (Å²) in [5.41, 5.74) is 4.48. The molecule has 2 aromatic carbocycles. The number of benzene rings is 2. The first-order valence-electron chi connectivity index (χ1n) is 10.3. The molecule has 0 radical (unpaired) electrons. The molecular formula is C23H22N4O2S3. The highest BCUT2D eigenvalue weighted by Crippen LogP contribution is 2.36. The smallest absolute Gasteiger partial charge is 0.253 e. The average Bonchev–Trinajstić information content (AvgIpc) is 3.48. The van der Waals surface area contributed by atoms with Crippen LogP contribution in [0.4, 0.5) is 5.69 Å². The average molecular weight is 483 g/mol. The number of nitrogens with one attached hydrogen (secondary N) is 1. The molecule has 1 aliphatic rings. The molecule has 0 saturated carbocycles. The molecule has 0 aliphatic carbocycles. The summed E-state index contributed by atoms with van der Waals surface area (Å²) in [6.45, 7) is 2.98. The highest BCUT2D eigenvalue weighted by atomic mass is 32.2. The van der Waals surface area contributed by atoms with Gasteiger partial charge >= 0.3 is 0 Å². The number of hydrogen-bond acceptors (Lipinski definition) is 8. The van der Waals surface area contributed by atoms with Gasteiger partial charge in [-0.25, -0.2) is 4.98 Å². The summed E-state index contributed by atoms with van der Waals surface area (Å²) in [5, 5.41) is 11.0. The molecule has 5 rings (SSSR count). The van der Waals surface area contributed by atoms with Gasteiger partial charge in [0.2, 0.25) is 0 Å². The van der Waals surface area contributed by atoms with Crippen LogP contribution in [0, 0.1) is 6.92 Å². The van der Waals surface area contributed by atoms with Crippen LogP contribution in [0.25, 0.3) is 10.2 Å². The molecule has 32 heavy (non-hydrogen) atoms. The van der Waals surface area contributed by atoms with Crippen molar-refractivity contribution in [1.29, 1.82) is 0 Å². The van der Waals surface area contributed by atoms with Gasteiger partial charge in [0.15, 0.2) is 0 Å². The molecule has 1 saturated heterocycles. The molecule has 0 unspecified atom stereocenters. The Bertz CT molecular complexity index is 1240. The minimum atomic E-state index is -0.881. The molecular weight excluding hydrogens is 460 g/mol. The van der Waals surface area contributed by atoms with Gasteiger partial charge in [0.05, 0.1) is 31.2 Å². The number of piperidine rings is 1. The van der Waals surface area contributed by atoms with Crippen LogP contribution in [-0.2, 0) is 5.60 Å². The number of aliphatic hydroxyl groups is 1. The Morgan fingerprint density at radius 2 is 1.97 bits per heavy atom. The normalized spacial score (nSPS) is 15.8. The molecule has 0 bridgehead atoms. The zero-order valence-electron chi connectivity index (χ0n) is 17.4. The summed E-state index contributed by atoms with van der Waals surface area (Å²) in [6.07, 6.45) is 1.05. The van der Waals surface area contributed by atoms with E-state index in [1.165, 1.54) is 23.5 Å². The number of para-hydroxylation sites is 1. The predicted octanol–water partition coefficient (Wildman–Crippen LogP) is 5.30. The van der Waals surface area contributed by atoms with Gasteiger partial charge < -0.3 is 14.7 Å². The van der Waals surface area contributed by atoms with Crippen LogP contribution >= 0.6 is 34.8 Å². The fourth-order valence-electron chi connectivity index (χ4n) is 3.83. The van der Waals surface area contributed by atoms with Crippen molar-refractivity contribution < 1.29 is 9.90 Å². The number of thiazole rings is 1. The van der Waals surface area contributed by atoms with E-state index in [1.807, 2.05) is 59.8 Å². The van der Waals surface area contributed by atoms with E-state index >= 15 is 0 Å². The lowest BCUT2D eigenvalue weighted by atomic mass is 9.89. The molecule has 1 fully saturated rings. The summed E-state index contributed by atoms with van der Waals surface area (Å²) in [5.74, 6) is -0.000945. The van der Waals surface area contributed by atoms with Crippen LogP contribution in [0.1, 0.15) is 33.8 Å². The van der Waals surface area contributed by atoms with Crippen LogP contribution in [-0.4, -0.2) is 38.4 Å². The molecule has 2 aromatic heterocycles. The van der Waals surface area contributed by atoms with E-state index in [0.717, 1.165) is 31.4 Å². The van der Waals surface area contributed by atoms with Gasteiger partial charge in [0, 0.05) is 24.3 Å². The monoisotopic (exact) mass is 482 g/mol. The molecule has 6 nitrogen and oxygen atoms in total. The molecule has 3 heterocycles. The van der Waals surface area contributed by atoms with Gasteiger partial charge in [-0.05, 0) is 85.7 Å². The van der Waals surface area contributed by atoms with E-state index in [0.29, 0.717) is 31.5 Å². The van der Waals surface area contributed by atoms with Crippen molar-refractivity contribution in [3.05, 3.63) is 70.2 Å². The van der Waals surface area contributed by atoms with E-state index in [1.54, 1.807) is 11.3 Å². The zero-order valence-corrected chi connectivity index (χ0v) is 19.9. The molecule has 1 aliphatic heterocycles. The fourth-order valence-corrected chi connectivity index (χ4v) is 6.26. The van der Waals surface area contributed by atoms with Crippen LogP contribution in [0.3, 0.4) is 0 Å². The van der Waals surface area contributed by atoms with Crippen molar-refractivity contribution in [1.82, 2.24) is 14.3 Å². The number of carbonyl (C=O) groups is 1. The molecule has 4 aromatic rings. The second kappa shape index (κ2) is 8.82. The topological polar surface area (TPSA) is 78.4 Å². The number of fused-ring (bicyclic) bond motifs is 1. The van der Waals surface area contributed by atoms with Crippen molar-refractivity contribution in [2.75, 3.05) is 17.8 Å². The maximum absolute atomic E-state index is 13.0. The first kappa shape index (κ1) is 21.4. The van der Waals surface area contributed by atoms with Crippen LogP contribution < -0.4 is 4.72 Å². The van der Waals surface area contributed by atoms with Gasteiger partial charge in [0.25, 0.3) is 5.91 Å². The van der Waals surface area contributed by atoms with E-state index in [2.05, 4.69) is 20.1 Å². The van der Waals surface area contributed by atoms with Crippen LogP contribution in [0.15, 0.2) is 58.9 Å². The number of nitrogens with zero attached hydrogens (tertiary/aromatic N) is 3. The van der Waals surface area contributed by atoms with Gasteiger partial charge in [-0.15, -0.1) is 11.3 Å². The van der Waals surface area contributed by atoms with E-state index in [4.69, 9.17) is 0 Å². The van der Waals surface area contributed by atoms with Crippen molar-refractivity contribution in [3.63, 3.8) is 0 Å². The lowest BCUT2D eigenvalue weighted by molar-refractivity contribution is -0.0183. The third kappa shape index (κ3) is 4.25. The minimum absolute atomic E-state index is 0.000945. The third-order valence-electron chi connectivity index (χ3n) is 5.70. The highest BCUT2D eigenvalue weighted by molar-refractivity contribution is 8.00. The summed E-state index contributed by atoms with van der Waals surface area (Å²) in [7, 11) is 0. The number of anilines is 1. The Morgan fingerprint density at radius 1 is 1.19 bits per heavy atom. The molecule has 164 valence electrons. The summed E-state index contributed by atoms with van der Waals surface area (Å²) in [6, 6.07) is 15.6. The van der Waals surface area contributed by atoms with Gasteiger partial charge in [-0.2, -0.15) is 4.37 Å². The number of rotatable bonds is 5. The Morgan fingerprint density at radius 3 is 2.69 bits per heavy atom. The van der Waals surface area contributed by atoms with E-state index in [-0.39, 0.29) is 5.91 Å². The largest absolute Gasteiger partial charge is 0.384 e. The summed E-state index contributed by atoms with van der Waals surface area (Å²) in [4.78, 5) is 21.2. The summed E-state index contributed by atoms with van der Waals surface area (Å²) < 4.78 is 8.79. The van der Waals surface area contributed by atoms with E-state index in [9.17, 15) is 9.90 Å². The molecule has 0 atom stereocenters. The van der Waals surface area contributed by atoms with Crippen molar-refractivity contribution in [3.8, 4) is 0 Å². The number of carbonyl (C=O) groups excluding carboxylic acids is 1. The molecule has 2 N–H and O–H groups in total. The van der Waals surface area contributed by atoms with Gasteiger partial charge in [-0.1, -0.05) is 6.07 Å². The maximum atomic E-state index is 13.0. The fraction of sp³-hybridized carbons (Fsp3) is 0.261. The predicted molar refractivity (Wildman–Crippen MR) is 131 cm³/mol. The maximum Gasteiger partial charge on any atom is 0.253 e. The Labute approximate surface area is 198 Å². The quantitative estimate of drug-likeness (QED) is 0.376. The zero-order chi connectivity index (χ0) is 22.1. The minimum Gasteiger partial charge on any atom is -0.384 e. The Hall–Kier alpha value is -2.46. The van der Waals surface area contributed by atoms with Gasteiger partial charge in [0.1, 0.15) is 5.60 Å². The molecule has 0 spiro atoms.